The van der Waals surface area contributed by atoms with Crippen molar-refractivity contribution in [2.45, 2.75) is 13.0 Å². The van der Waals surface area contributed by atoms with E-state index in [1.807, 2.05) is 31.2 Å². The Bertz CT molecular complexity index is 752. The second kappa shape index (κ2) is 4.98. The van der Waals surface area contributed by atoms with Crippen molar-refractivity contribution in [1.29, 1.82) is 0 Å². The van der Waals surface area contributed by atoms with E-state index in [4.69, 9.17) is 0 Å². The summed E-state index contributed by atoms with van der Waals surface area (Å²) in [6, 6.07) is 10.4. The Kier molecular flexibility index (Phi) is 3.24. The predicted octanol–water partition coefficient (Wildman–Crippen LogP) is 2.24. The van der Waals surface area contributed by atoms with Gasteiger partial charge >= 0.3 is 0 Å². The summed E-state index contributed by atoms with van der Waals surface area (Å²) in [5.41, 5.74) is 0.853. The van der Waals surface area contributed by atoms with Crippen molar-refractivity contribution in [3.63, 3.8) is 0 Å². The Balaban J connectivity index is 2.20. The second-order valence-electron chi connectivity index (χ2n) is 5.64. The number of hydrogen-bond donors (Lipinski definition) is 1. The lowest BCUT2D eigenvalue weighted by atomic mass is 9.89. The molecule has 6 heteroatoms. The molecule has 1 N–H and O–H groups in total. The first kappa shape index (κ1) is 14.3. The van der Waals surface area contributed by atoms with Gasteiger partial charge in [0.2, 0.25) is 0 Å². The number of aromatic hydroxyl groups is 1. The summed E-state index contributed by atoms with van der Waals surface area (Å²) in [5.74, 6) is -0.406. The number of benzene rings is 2. The summed E-state index contributed by atoms with van der Waals surface area (Å²) in [6.07, 6.45) is 0. The second-order valence-corrected chi connectivity index (χ2v) is 5.64. The maximum Gasteiger partial charge on any atom is 0.290 e. The van der Waals surface area contributed by atoms with Gasteiger partial charge in [-0.2, -0.15) is 0 Å². The SMILES string of the molecule is CC1C(=O)N(C)[N+](=O)N(C)C1c1ccc(O)c2ccccc12. The van der Waals surface area contributed by atoms with Crippen LogP contribution < -0.4 is 0 Å². The highest BCUT2D eigenvalue weighted by molar-refractivity contribution is 5.92. The molecule has 3 rings (SSSR count). The molecule has 1 aliphatic rings. The van der Waals surface area contributed by atoms with E-state index in [0.717, 1.165) is 16.0 Å². The van der Waals surface area contributed by atoms with Crippen molar-refractivity contribution in [2.24, 2.45) is 5.92 Å². The third-order valence-electron chi connectivity index (χ3n) is 4.36. The third kappa shape index (κ3) is 1.91. The number of hydrogen-bond acceptors (Lipinski definition) is 3. The van der Waals surface area contributed by atoms with Crippen LogP contribution in [0.5, 0.6) is 5.75 Å². The zero-order chi connectivity index (χ0) is 16.0. The highest BCUT2D eigenvalue weighted by Crippen LogP contribution is 2.38. The normalized spacial score (nSPS) is 22.5. The molecule has 1 amide bonds. The molecule has 114 valence electrons. The number of phenolic OH excluding ortho intramolecular Hbond substituents is 1. The molecule has 0 spiro atoms. The highest BCUT2D eigenvalue weighted by atomic mass is 16.4. The van der Waals surface area contributed by atoms with Gasteiger partial charge < -0.3 is 5.11 Å². The van der Waals surface area contributed by atoms with Gasteiger partial charge in [0.05, 0.1) is 24.9 Å². The van der Waals surface area contributed by atoms with Crippen LogP contribution in [0.3, 0.4) is 0 Å². The van der Waals surface area contributed by atoms with Gasteiger partial charge in [0.1, 0.15) is 11.8 Å². The fourth-order valence-electron chi connectivity index (χ4n) is 3.19. The van der Waals surface area contributed by atoms with Gasteiger partial charge in [-0.05, 0) is 22.0 Å². The summed E-state index contributed by atoms with van der Waals surface area (Å²) >= 11 is 0. The lowest BCUT2D eigenvalue weighted by Crippen LogP contribution is -2.55. The predicted molar refractivity (Wildman–Crippen MR) is 81.7 cm³/mol. The molecule has 6 nitrogen and oxygen atoms in total. The minimum absolute atomic E-state index is 0.188. The number of nitrogens with zero attached hydrogens (tertiary/aromatic N) is 3. The van der Waals surface area contributed by atoms with Gasteiger partial charge in [-0.25, -0.2) is 0 Å². The third-order valence-corrected chi connectivity index (χ3v) is 4.36. The number of carbonyl (C=O) groups excluding carboxylic acids is 1. The van der Waals surface area contributed by atoms with Gasteiger partial charge in [-0.15, -0.1) is 5.01 Å². The maximum absolute atomic E-state index is 12.3. The fourth-order valence-corrected chi connectivity index (χ4v) is 3.19. The number of carbonyl (C=O) groups is 1. The Labute approximate surface area is 128 Å². The van der Waals surface area contributed by atoms with Crippen molar-refractivity contribution >= 4 is 16.7 Å². The summed E-state index contributed by atoms with van der Waals surface area (Å²) in [5, 5.41) is 14.1. The van der Waals surface area contributed by atoms with Crippen LogP contribution in [0.25, 0.3) is 10.8 Å². The Morgan fingerprint density at radius 1 is 1.09 bits per heavy atom. The molecule has 0 aromatic heterocycles. The van der Waals surface area contributed by atoms with E-state index >= 15 is 0 Å². The molecule has 2 unspecified atom stereocenters. The molecular formula is C16H18N3O3+. The number of nitroso groups, excluding NO2 is 1. The first-order valence-electron chi connectivity index (χ1n) is 7.11. The van der Waals surface area contributed by atoms with Crippen molar-refractivity contribution in [2.75, 3.05) is 14.1 Å². The average molecular weight is 300 g/mol. The molecular weight excluding hydrogens is 282 g/mol. The van der Waals surface area contributed by atoms with Gasteiger partial charge in [0, 0.05) is 5.39 Å². The zero-order valence-electron chi connectivity index (χ0n) is 12.7. The molecule has 1 heterocycles. The molecule has 2 atom stereocenters. The first-order chi connectivity index (χ1) is 10.4. The van der Waals surface area contributed by atoms with Gasteiger partial charge in [0.15, 0.2) is 0 Å². The molecule has 1 fully saturated rings. The summed E-state index contributed by atoms with van der Waals surface area (Å²) in [6.45, 7) is 1.81. The average Bonchev–Trinajstić information content (AvgIpc) is 2.53. The summed E-state index contributed by atoms with van der Waals surface area (Å²) < 4.78 is 0. The number of rotatable bonds is 1. The van der Waals surface area contributed by atoms with E-state index in [1.165, 1.54) is 12.1 Å². The summed E-state index contributed by atoms with van der Waals surface area (Å²) in [7, 11) is 3.13. The van der Waals surface area contributed by atoms with Crippen LogP contribution >= 0.6 is 0 Å². The van der Waals surface area contributed by atoms with Gasteiger partial charge in [0.25, 0.3) is 10.9 Å². The van der Waals surface area contributed by atoms with E-state index in [1.54, 1.807) is 19.2 Å². The Hall–Kier alpha value is -2.63. The number of phenols is 1. The standard InChI is InChI=1S/C16H17N3O3/c1-10-15(17(2)19(22)18(3)16(10)21)13-8-9-14(20)12-7-5-4-6-11(12)13/h4-10,15H,1-3H3/p+1. The van der Waals surface area contributed by atoms with E-state index in [9.17, 15) is 14.8 Å². The molecule has 0 aliphatic carbocycles. The van der Waals surface area contributed by atoms with Crippen LogP contribution in [0.15, 0.2) is 36.4 Å². The smallest absolute Gasteiger partial charge is 0.290 e. The number of amides is 1. The van der Waals surface area contributed by atoms with Crippen LogP contribution in [0, 0.1) is 10.8 Å². The molecule has 2 aromatic rings. The van der Waals surface area contributed by atoms with Crippen molar-refractivity contribution in [3.05, 3.63) is 46.9 Å². The van der Waals surface area contributed by atoms with E-state index in [2.05, 4.69) is 0 Å². The first-order valence-corrected chi connectivity index (χ1v) is 7.11. The van der Waals surface area contributed by atoms with Crippen LogP contribution in [0.4, 0.5) is 0 Å². The maximum atomic E-state index is 12.3. The van der Waals surface area contributed by atoms with Crippen LogP contribution in [0.2, 0.25) is 0 Å². The molecule has 0 saturated carbocycles. The number of fused-ring (bicyclic) bond motifs is 1. The van der Waals surface area contributed by atoms with Crippen molar-refractivity contribution in [3.8, 4) is 5.75 Å². The molecule has 22 heavy (non-hydrogen) atoms. The molecule has 1 saturated heterocycles. The van der Waals surface area contributed by atoms with E-state index < -0.39 is 0 Å². The molecule has 0 radical (unpaired) electrons. The molecule has 0 bridgehead atoms. The van der Waals surface area contributed by atoms with Crippen LogP contribution in [-0.2, 0) is 4.79 Å². The van der Waals surface area contributed by atoms with Crippen molar-refractivity contribution in [1.82, 2.24) is 10.0 Å². The monoisotopic (exact) mass is 300 g/mol. The quantitative estimate of drug-likeness (QED) is 0.820. The fraction of sp³-hybridized carbons (Fsp3) is 0.312. The summed E-state index contributed by atoms with van der Waals surface area (Å²) in [4.78, 5) is 25.0. The lowest BCUT2D eigenvalue weighted by Gasteiger charge is -2.33. The Morgan fingerprint density at radius 3 is 2.41 bits per heavy atom. The van der Waals surface area contributed by atoms with E-state index in [-0.39, 0.29) is 23.6 Å². The van der Waals surface area contributed by atoms with Crippen LogP contribution in [-0.4, -0.2) is 40.1 Å². The lowest BCUT2D eigenvalue weighted by molar-refractivity contribution is -0.823. The number of hydrazine groups is 2. The largest absolute Gasteiger partial charge is 0.507 e. The molecule has 1 aliphatic heterocycles. The van der Waals surface area contributed by atoms with Gasteiger partial charge in [-0.3, -0.25) is 4.79 Å². The minimum Gasteiger partial charge on any atom is -0.507 e. The van der Waals surface area contributed by atoms with Crippen molar-refractivity contribution < 1.29 is 14.9 Å². The molecule has 2 aromatic carbocycles. The zero-order valence-corrected chi connectivity index (χ0v) is 12.7. The minimum atomic E-state index is -0.383. The Morgan fingerprint density at radius 2 is 1.73 bits per heavy atom. The topological polar surface area (TPSA) is 63.9 Å². The van der Waals surface area contributed by atoms with Crippen LogP contribution in [0.1, 0.15) is 18.5 Å². The highest BCUT2D eigenvalue weighted by Gasteiger charge is 2.48. The van der Waals surface area contributed by atoms with Gasteiger partial charge in [-0.1, -0.05) is 37.3 Å². The van der Waals surface area contributed by atoms with E-state index in [0.29, 0.717) is 10.4 Å².